The fourth-order valence-corrected chi connectivity index (χ4v) is 2.85. The summed E-state index contributed by atoms with van der Waals surface area (Å²) < 4.78 is 5.63. The lowest BCUT2D eigenvalue weighted by molar-refractivity contribution is 0.113. The molecule has 0 aliphatic heterocycles. The Morgan fingerprint density at radius 2 is 2.05 bits per heavy atom. The van der Waals surface area contributed by atoms with Gasteiger partial charge in [0.05, 0.1) is 19.3 Å². The quantitative estimate of drug-likeness (QED) is 0.641. The maximum absolute atomic E-state index is 9.34. The van der Waals surface area contributed by atoms with Crippen molar-refractivity contribution in [2.24, 2.45) is 0 Å². The van der Waals surface area contributed by atoms with Crippen LogP contribution in [0, 0.1) is 0 Å². The summed E-state index contributed by atoms with van der Waals surface area (Å²) in [6.07, 6.45) is -0.648. The highest BCUT2D eigenvalue weighted by atomic mass is 32.2. The smallest absolute Gasteiger partial charge is 0.124 e. The second kappa shape index (κ2) is 9.20. The molecule has 0 bridgehead atoms. The summed E-state index contributed by atoms with van der Waals surface area (Å²) in [5.74, 6) is 2.25. The van der Waals surface area contributed by atoms with E-state index < -0.39 is 6.10 Å². The molecule has 1 aromatic carbocycles. The zero-order valence-electron chi connectivity index (χ0n) is 11.5. The van der Waals surface area contributed by atoms with Crippen molar-refractivity contribution in [2.45, 2.75) is 19.1 Å². The highest BCUT2D eigenvalue weighted by Gasteiger charge is 2.14. The number of ether oxygens (including phenoxy) is 1. The van der Waals surface area contributed by atoms with E-state index in [2.05, 4.69) is 11.4 Å². The number of para-hydroxylation sites is 1. The maximum Gasteiger partial charge on any atom is 0.124 e. The molecule has 0 radical (unpaired) electrons. The fourth-order valence-electron chi connectivity index (χ4n) is 1.76. The summed E-state index contributed by atoms with van der Waals surface area (Å²) in [5, 5.41) is 21.4. The lowest BCUT2D eigenvalue weighted by Crippen LogP contribution is -2.22. The highest BCUT2D eigenvalue weighted by Crippen LogP contribution is 2.27. The van der Waals surface area contributed by atoms with E-state index in [-0.39, 0.29) is 12.6 Å². The molecule has 108 valence electrons. The van der Waals surface area contributed by atoms with E-state index in [1.165, 1.54) is 0 Å². The number of thioether (sulfide) groups is 1. The second-order valence-corrected chi connectivity index (χ2v) is 5.26. The average Bonchev–Trinajstić information content (AvgIpc) is 2.44. The first-order valence-electron chi connectivity index (χ1n) is 6.48. The number of benzene rings is 1. The minimum absolute atomic E-state index is 0.165. The fraction of sp³-hybridized carbons (Fsp3) is 0.571. The Morgan fingerprint density at radius 1 is 1.32 bits per heavy atom. The molecule has 0 spiro atoms. The molecule has 0 saturated carbocycles. The van der Waals surface area contributed by atoms with Gasteiger partial charge in [-0.2, -0.15) is 11.8 Å². The van der Waals surface area contributed by atoms with Gasteiger partial charge < -0.3 is 20.3 Å². The molecule has 0 aliphatic rings. The van der Waals surface area contributed by atoms with Gasteiger partial charge in [-0.15, -0.1) is 0 Å². The third-order valence-electron chi connectivity index (χ3n) is 2.75. The molecule has 0 saturated heterocycles. The van der Waals surface area contributed by atoms with Crippen molar-refractivity contribution in [1.82, 2.24) is 5.32 Å². The Kier molecular flexibility index (Phi) is 7.90. The summed E-state index contributed by atoms with van der Waals surface area (Å²) in [6, 6.07) is 8.14. The standard InChI is InChI=1S/C14H23NO3S/c1-3-18-14-7-5-4-6-12(14)13(15-2)10-19-9-11(17)8-16/h4-7,11,13,15-17H,3,8-10H2,1-2H3. The van der Waals surface area contributed by atoms with Gasteiger partial charge >= 0.3 is 0 Å². The van der Waals surface area contributed by atoms with E-state index in [1.54, 1.807) is 11.8 Å². The first kappa shape index (κ1) is 16.3. The van der Waals surface area contributed by atoms with Gasteiger partial charge in [-0.05, 0) is 20.0 Å². The van der Waals surface area contributed by atoms with Gasteiger partial charge in [0.2, 0.25) is 0 Å². The third kappa shape index (κ3) is 5.40. The van der Waals surface area contributed by atoms with Crippen molar-refractivity contribution in [3.8, 4) is 5.75 Å². The van der Waals surface area contributed by atoms with Crippen LogP contribution in [0.1, 0.15) is 18.5 Å². The van der Waals surface area contributed by atoms with Crippen LogP contribution in [0.4, 0.5) is 0 Å². The van der Waals surface area contributed by atoms with Crippen LogP contribution < -0.4 is 10.1 Å². The van der Waals surface area contributed by atoms with E-state index in [4.69, 9.17) is 9.84 Å². The summed E-state index contributed by atoms with van der Waals surface area (Å²) >= 11 is 1.61. The summed E-state index contributed by atoms with van der Waals surface area (Å²) in [6.45, 7) is 2.42. The molecule has 1 rings (SSSR count). The van der Waals surface area contributed by atoms with Gasteiger partial charge in [0.1, 0.15) is 5.75 Å². The summed E-state index contributed by atoms with van der Waals surface area (Å²) in [7, 11) is 1.91. The molecule has 2 unspecified atom stereocenters. The Labute approximate surface area is 119 Å². The van der Waals surface area contributed by atoms with Gasteiger partial charge in [-0.25, -0.2) is 0 Å². The molecule has 2 atom stereocenters. The van der Waals surface area contributed by atoms with Gasteiger partial charge in [-0.3, -0.25) is 0 Å². The molecule has 0 aliphatic carbocycles. The maximum atomic E-state index is 9.34. The Bertz CT molecular complexity index is 362. The van der Waals surface area contributed by atoms with E-state index in [1.807, 2.05) is 32.2 Å². The number of rotatable bonds is 9. The molecule has 5 heteroatoms. The summed E-state index contributed by atoms with van der Waals surface area (Å²) in [5.41, 5.74) is 1.12. The van der Waals surface area contributed by atoms with Crippen LogP contribution in [0.25, 0.3) is 0 Å². The van der Waals surface area contributed by atoms with Gasteiger partial charge in [-0.1, -0.05) is 18.2 Å². The van der Waals surface area contributed by atoms with Gasteiger partial charge in [0.15, 0.2) is 0 Å². The van der Waals surface area contributed by atoms with E-state index in [0.717, 1.165) is 17.1 Å². The van der Waals surface area contributed by atoms with E-state index in [0.29, 0.717) is 12.4 Å². The first-order valence-corrected chi connectivity index (χ1v) is 7.64. The highest BCUT2D eigenvalue weighted by molar-refractivity contribution is 7.99. The number of hydrogen-bond donors (Lipinski definition) is 3. The lowest BCUT2D eigenvalue weighted by Gasteiger charge is -2.20. The molecule has 19 heavy (non-hydrogen) atoms. The first-order chi connectivity index (χ1) is 9.22. The molecule has 0 aromatic heterocycles. The molecule has 4 nitrogen and oxygen atoms in total. The molecule has 0 amide bonds. The zero-order chi connectivity index (χ0) is 14.1. The third-order valence-corrected chi connectivity index (χ3v) is 3.94. The molecular weight excluding hydrogens is 262 g/mol. The SMILES string of the molecule is CCOc1ccccc1C(CSCC(O)CO)NC. The van der Waals surface area contributed by atoms with Crippen LogP contribution in [0.15, 0.2) is 24.3 Å². The average molecular weight is 285 g/mol. The van der Waals surface area contributed by atoms with Crippen molar-refractivity contribution in [3.63, 3.8) is 0 Å². The molecule has 3 N–H and O–H groups in total. The lowest BCUT2D eigenvalue weighted by atomic mass is 10.1. The Morgan fingerprint density at radius 3 is 2.68 bits per heavy atom. The normalized spacial score (nSPS) is 14.1. The topological polar surface area (TPSA) is 61.7 Å². The van der Waals surface area contributed by atoms with Crippen LogP contribution in [0.2, 0.25) is 0 Å². The molecule has 0 fully saturated rings. The Balaban J connectivity index is 2.63. The number of aliphatic hydroxyl groups excluding tert-OH is 2. The van der Waals surface area contributed by atoms with Crippen LogP contribution in [0.5, 0.6) is 5.75 Å². The van der Waals surface area contributed by atoms with Crippen molar-refractivity contribution < 1.29 is 14.9 Å². The monoisotopic (exact) mass is 285 g/mol. The molecule has 0 heterocycles. The largest absolute Gasteiger partial charge is 0.494 e. The van der Waals surface area contributed by atoms with Crippen LogP contribution in [0.3, 0.4) is 0 Å². The van der Waals surface area contributed by atoms with Gasteiger partial charge in [0.25, 0.3) is 0 Å². The number of hydrogen-bond acceptors (Lipinski definition) is 5. The van der Waals surface area contributed by atoms with Crippen molar-refractivity contribution >= 4 is 11.8 Å². The molecular formula is C14H23NO3S. The number of nitrogens with one attached hydrogen (secondary N) is 1. The predicted octanol–water partition coefficient (Wildman–Crippen LogP) is 1.43. The van der Waals surface area contributed by atoms with E-state index >= 15 is 0 Å². The molecule has 1 aromatic rings. The zero-order valence-corrected chi connectivity index (χ0v) is 12.3. The van der Waals surface area contributed by atoms with Crippen molar-refractivity contribution in [1.29, 1.82) is 0 Å². The number of aliphatic hydroxyl groups is 2. The minimum atomic E-state index is -0.648. The minimum Gasteiger partial charge on any atom is -0.494 e. The van der Waals surface area contributed by atoms with Crippen LogP contribution >= 0.6 is 11.8 Å². The summed E-state index contributed by atoms with van der Waals surface area (Å²) in [4.78, 5) is 0. The van der Waals surface area contributed by atoms with Gasteiger partial charge in [0, 0.05) is 23.1 Å². The van der Waals surface area contributed by atoms with E-state index in [9.17, 15) is 5.11 Å². The van der Waals surface area contributed by atoms with Crippen LogP contribution in [-0.2, 0) is 0 Å². The predicted molar refractivity (Wildman–Crippen MR) is 79.8 cm³/mol. The van der Waals surface area contributed by atoms with Crippen molar-refractivity contribution in [2.75, 3.05) is 31.8 Å². The Hall–Kier alpha value is -0.750. The van der Waals surface area contributed by atoms with Crippen molar-refractivity contribution in [3.05, 3.63) is 29.8 Å². The van der Waals surface area contributed by atoms with Crippen LogP contribution in [-0.4, -0.2) is 48.1 Å². The second-order valence-electron chi connectivity index (χ2n) is 4.19.